The van der Waals surface area contributed by atoms with Crippen LogP contribution >= 0.6 is 23.2 Å². The minimum Gasteiger partial charge on any atom is -0.490 e. The summed E-state index contributed by atoms with van der Waals surface area (Å²) in [6, 6.07) is 13.2. The number of hydrogen-bond donors (Lipinski definition) is 1. The number of nitrogens with one attached hydrogen (secondary N) is 1. The van der Waals surface area contributed by atoms with Crippen molar-refractivity contribution in [3.63, 3.8) is 0 Å². The molecule has 3 rings (SSSR count). The van der Waals surface area contributed by atoms with Gasteiger partial charge in [0.25, 0.3) is 0 Å². The largest absolute Gasteiger partial charge is 0.490 e. The summed E-state index contributed by atoms with van der Waals surface area (Å²) >= 11 is 11.9. The van der Waals surface area contributed by atoms with E-state index in [4.69, 9.17) is 27.9 Å². The molecule has 1 N–H and O–H groups in total. The van der Waals surface area contributed by atoms with Gasteiger partial charge in [0.15, 0.2) is 0 Å². The lowest BCUT2D eigenvalue weighted by molar-refractivity contribution is -0.126. The number of nitrogens with zero attached hydrogens (tertiary/aromatic N) is 1. The first-order chi connectivity index (χ1) is 13.9. The van der Waals surface area contributed by atoms with Crippen molar-refractivity contribution in [2.24, 2.45) is 5.92 Å². The number of carbonyl (C=O) groups excluding carboxylic acids is 1. The van der Waals surface area contributed by atoms with Gasteiger partial charge >= 0.3 is 0 Å². The molecule has 2 aromatic carbocycles. The Morgan fingerprint density at radius 1 is 1.14 bits per heavy atom. The standard InChI is InChI=1S/C20H22Cl2N2O4S/c21-16-7-9-17(10-8-16)29(26,27)24-12-3-4-15(14-24)20(25)23-11-13-28-19-6-2-1-5-18(19)22/h1-2,5-10,15H,3-4,11-14H2,(H,23,25). The molecular weight excluding hydrogens is 435 g/mol. The van der Waals surface area contributed by atoms with Crippen LogP contribution in [0.3, 0.4) is 0 Å². The van der Waals surface area contributed by atoms with Gasteiger partial charge in [0.05, 0.1) is 22.4 Å². The van der Waals surface area contributed by atoms with Gasteiger partial charge in [-0.3, -0.25) is 4.79 Å². The molecule has 9 heteroatoms. The van der Waals surface area contributed by atoms with E-state index in [1.54, 1.807) is 24.3 Å². The molecular formula is C20H22Cl2N2O4S. The fourth-order valence-corrected chi connectivity index (χ4v) is 5.01. The maximum absolute atomic E-state index is 12.8. The molecule has 1 saturated heterocycles. The Morgan fingerprint density at radius 3 is 2.59 bits per heavy atom. The van der Waals surface area contributed by atoms with Gasteiger partial charge in [0.1, 0.15) is 12.4 Å². The number of rotatable bonds is 7. The highest BCUT2D eigenvalue weighted by Crippen LogP contribution is 2.25. The first-order valence-electron chi connectivity index (χ1n) is 9.28. The van der Waals surface area contributed by atoms with Crippen LogP contribution in [-0.4, -0.2) is 44.9 Å². The van der Waals surface area contributed by atoms with Crippen LogP contribution < -0.4 is 10.1 Å². The maximum atomic E-state index is 12.8. The van der Waals surface area contributed by atoms with E-state index in [0.29, 0.717) is 41.7 Å². The van der Waals surface area contributed by atoms with Crippen molar-refractivity contribution in [2.45, 2.75) is 17.7 Å². The Morgan fingerprint density at radius 2 is 1.86 bits per heavy atom. The molecule has 2 aromatic rings. The van der Waals surface area contributed by atoms with E-state index in [0.717, 1.165) is 0 Å². The molecule has 0 bridgehead atoms. The molecule has 1 unspecified atom stereocenters. The highest BCUT2D eigenvalue weighted by atomic mass is 35.5. The maximum Gasteiger partial charge on any atom is 0.243 e. The quantitative estimate of drug-likeness (QED) is 0.645. The van der Waals surface area contributed by atoms with Gasteiger partial charge in [-0.2, -0.15) is 4.31 Å². The van der Waals surface area contributed by atoms with Crippen LogP contribution in [0.2, 0.25) is 10.0 Å². The smallest absolute Gasteiger partial charge is 0.243 e. The number of carbonyl (C=O) groups is 1. The zero-order chi connectivity index (χ0) is 20.9. The molecule has 1 heterocycles. The van der Waals surface area contributed by atoms with Gasteiger partial charge < -0.3 is 10.1 Å². The summed E-state index contributed by atoms with van der Waals surface area (Å²) < 4.78 is 32.6. The minimum absolute atomic E-state index is 0.155. The second-order valence-corrected chi connectivity index (χ2v) is 9.51. The van der Waals surface area contributed by atoms with Crippen LogP contribution in [-0.2, 0) is 14.8 Å². The third-order valence-corrected chi connectivity index (χ3v) is 7.15. The van der Waals surface area contributed by atoms with E-state index < -0.39 is 15.9 Å². The van der Waals surface area contributed by atoms with E-state index in [1.807, 2.05) is 12.1 Å². The van der Waals surface area contributed by atoms with Crippen molar-refractivity contribution in [1.82, 2.24) is 9.62 Å². The highest BCUT2D eigenvalue weighted by molar-refractivity contribution is 7.89. The Balaban J connectivity index is 1.52. The van der Waals surface area contributed by atoms with Crippen molar-refractivity contribution in [3.05, 3.63) is 58.6 Å². The monoisotopic (exact) mass is 456 g/mol. The number of amides is 1. The average Bonchev–Trinajstić information content (AvgIpc) is 2.72. The average molecular weight is 457 g/mol. The van der Waals surface area contributed by atoms with Crippen molar-refractivity contribution in [3.8, 4) is 5.75 Å². The fraction of sp³-hybridized carbons (Fsp3) is 0.350. The molecule has 0 aliphatic carbocycles. The summed E-state index contributed by atoms with van der Waals surface area (Å²) in [5, 5.41) is 3.80. The number of para-hydroxylation sites is 1. The van der Waals surface area contributed by atoms with Gasteiger partial charge in [-0.1, -0.05) is 35.3 Å². The normalized spacial score (nSPS) is 17.7. The molecule has 0 aromatic heterocycles. The molecule has 1 aliphatic rings. The van der Waals surface area contributed by atoms with E-state index >= 15 is 0 Å². The zero-order valence-corrected chi connectivity index (χ0v) is 18.0. The highest BCUT2D eigenvalue weighted by Gasteiger charge is 2.33. The minimum atomic E-state index is -3.66. The summed E-state index contributed by atoms with van der Waals surface area (Å²) in [6.07, 6.45) is 1.27. The van der Waals surface area contributed by atoms with Crippen molar-refractivity contribution < 1.29 is 17.9 Å². The molecule has 6 nitrogen and oxygen atoms in total. The summed E-state index contributed by atoms with van der Waals surface area (Å²) in [7, 11) is -3.66. The fourth-order valence-electron chi connectivity index (χ4n) is 3.17. The number of sulfonamides is 1. The Kier molecular flexibility index (Phi) is 7.40. The second-order valence-electron chi connectivity index (χ2n) is 6.73. The Labute approximate surface area is 180 Å². The van der Waals surface area contributed by atoms with E-state index in [-0.39, 0.29) is 24.0 Å². The number of piperidine rings is 1. The van der Waals surface area contributed by atoms with E-state index in [9.17, 15) is 13.2 Å². The van der Waals surface area contributed by atoms with Crippen LogP contribution in [0.25, 0.3) is 0 Å². The Hall–Kier alpha value is -1.80. The topological polar surface area (TPSA) is 75.7 Å². The van der Waals surface area contributed by atoms with Gasteiger partial charge in [-0.05, 0) is 49.2 Å². The lowest BCUT2D eigenvalue weighted by atomic mass is 9.99. The molecule has 156 valence electrons. The van der Waals surface area contributed by atoms with Crippen molar-refractivity contribution >= 4 is 39.1 Å². The van der Waals surface area contributed by atoms with Crippen LogP contribution in [0.1, 0.15) is 12.8 Å². The van der Waals surface area contributed by atoms with E-state index in [2.05, 4.69) is 5.32 Å². The molecule has 29 heavy (non-hydrogen) atoms. The second kappa shape index (κ2) is 9.80. The van der Waals surface area contributed by atoms with Crippen LogP contribution in [0, 0.1) is 5.92 Å². The van der Waals surface area contributed by atoms with Gasteiger partial charge in [-0.15, -0.1) is 0 Å². The number of halogens is 2. The summed E-state index contributed by atoms with van der Waals surface area (Å²) in [6.45, 7) is 1.13. The summed E-state index contributed by atoms with van der Waals surface area (Å²) in [4.78, 5) is 12.7. The van der Waals surface area contributed by atoms with Crippen molar-refractivity contribution in [1.29, 1.82) is 0 Å². The molecule has 0 spiro atoms. The number of benzene rings is 2. The van der Waals surface area contributed by atoms with Crippen LogP contribution in [0.15, 0.2) is 53.4 Å². The molecule has 0 radical (unpaired) electrons. The van der Waals surface area contributed by atoms with E-state index in [1.165, 1.54) is 16.4 Å². The molecule has 0 saturated carbocycles. The van der Waals surface area contributed by atoms with Crippen LogP contribution in [0.4, 0.5) is 0 Å². The number of hydrogen-bond acceptors (Lipinski definition) is 4. The first-order valence-corrected chi connectivity index (χ1v) is 11.5. The Bertz CT molecular complexity index is 951. The predicted octanol–water partition coefficient (Wildman–Crippen LogP) is 3.59. The molecule has 1 fully saturated rings. The predicted molar refractivity (Wildman–Crippen MR) is 113 cm³/mol. The van der Waals surface area contributed by atoms with Gasteiger partial charge in [0.2, 0.25) is 15.9 Å². The SMILES string of the molecule is O=C(NCCOc1ccccc1Cl)C1CCCN(S(=O)(=O)c2ccc(Cl)cc2)C1. The lowest BCUT2D eigenvalue weighted by Gasteiger charge is -2.31. The molecule has 1 atom stereocenters. The number of ether oxygens (including phenoxy) is 1. The molecule has 1 aliphatic heterocycles. The summed E-state index contributed by atoms with van der Waals surface area (Å²) in [5.74, 6) is -0.0174. The van der Waals surface area contributed by atoms with Crippen molar-refractivity contribution in [2.75, 3.05) is 26.2 Å². The first kappa shape index (κ1) is 21.9. The zero-order valence-electron chi connectivity index (χ0n) is 15.7. The molecule has 1 amide bonds. The van der Waals surface area contributed by atoms with Gasteiger partial charge in [-0.25, -0.2) is 8.42 Å². The third-order valence-electron chi connectivity index (χ3n) is 4.70. The summed E-state index contributed by atoms with van der Waals surface area (Å²) in [5.41, 5.74) is 0. The third kappa shape index (κ3) is 5.63. The van der Waals surface area contributed by atoms with Gasteiger partial charge in [0, 0.05) is 18.1 Å². The lowest BCUT2D eigenvalue weighted by Crippen LogP contribution is -2.45. The van der Waals surface area contributed by atoms with Crippen LogP contribution in [0.5, 0.6) is 5.75 Å².